The minimum Gasteiger partial charge on any atom is -0.366 e. The van der Waals surface area contributed by atoms with Gasteiger partial charge < -0.3 is 10.6 Å². The van der Waals surface area contributed by atoms with Crippen molar-refractivity contribution in [3.05, 3.63) is 17.2 Å². The van der Waals surface area contributed by atoms with Crippen molar-refractivity contribution in [2.75, 3.05) is 17.2 Å². The van der Waals surface area contributed by atoms with Crippen LogP contribution in [0.5, 0.6) is 0 Å². The molecule has 1 amide bonds. The van der Waals surface area contributed by atoms with Crippen molar-refractivity contribution in [3.63, 3.8) is 0 Å². The Kier molecular flexibility index (Phi) is 5.23. The van der Waals surface area contributed by atoms with Crippen molar-refractivity contribution in [1.29, 1.82) is 0 Å². The lowest BCUT2D eigenvalue weighted by Gasteiger charge is -2.28. The molecule has 13 heteroatoms. The monoisotopic (exact) mass is 446 g/mol. The maximum Gasteiger partial charge on any atom is 0.244 e. The quantitative estimate of drug-likeness (QED) is 0.459. The van der Waals surface area contributed by atoms with E-state index in [2.05, 4.69) is 31.3 Å². The molecule has 0 fully saturated rings. The van der Waals surface area contributed by atoms with E-state index in [-0.39, 0.29) is 33.4 Å². The predicted molar refractivity (Wildman–Crippen MR) is 87.4 cm³/mol. The molecule has 9 nitrogen and oxygen atoms in total. The smallest absolute Gasteiger partial charge is 0.244 e. The molecule has 128 valence electrons. The van der Waals surface area contributed by atoms with Crippen LogP contribution in [0, 0.1) is 0 Å². The van der Waals surface area contributed by atoms with E-state index < -0.39 is 31.1 Å². The van der Waals surface area contributed by atoms with Crippen LogP contribution >= 0.6 is 27.5 Å². The largest absolute Gasteiger partial charge is 0.366 e. The van der Waals surface area contributed by atoms with Gasteiger partial charge in [0.05, 0.1) is 22.6 Å². The Balaban J connectivity index is 2.39. The number of carbonyl (C=O) groups excluding carboxylic acids is 1. The molecule has 2 rings (SSSR count). The zero-order valence-electron chi connectivity index (χ0n) is 11.3. The molecule has 5 N–H and O–H groups in total. The molecule has 0 saturated heterocycles. The summed E-state index contributed by atoms with van der Waals surface area (Å²) < 4.78 is 49.6. The van der Waals surface area contributed by atoms with E-state index in [1.165, 1.54) is 0 Å². The summed E-state index contributed by atoms with van der Waals surface area (Å²) in [7, 11) is -8.17. The summed E-state index contributed by atoms with van der Waals surface area (Å²) in [5.74, 6) is -0.320. The van der Waals surface area contributed by atoms with E-state index in [9.17, 15) is 21.6 Å². The summed E-state index contributed by atoms with van der Waals surface area (Å²) in [6.07, 6.45) is -0.813. The second-order valence-corrected chi connectivity index (χ2v) is 8.76. The third-order valence-electron chi connectivity index (χ3n) is 2.88. The average Bonchev–Trinajstić information content (AvgIpc) is 2.41. The van der Waals surface area contributed by atoms with Gasteiger partial charge in [0.1, 0.15) is 16.0 Å². The van der Waals surface area contributed by atoms with Crippen molar-refractivity contribution in [2.45, 2.75) is 16.0 Å². The number of primary sulfonamides is 1. The molecule has 1 aliphatic heterocycles. The van der Waals surface area contributed by atoms with Gasteiger partial charge in [-0.2, -0.15) is 4.72 Å². The van der Waals surface area contributed by atoms with Gasteiger partial charge in [-0.3, -0.25) is 4.79 Å². The van der Waals surface area contributed by atoms with Crippen molar-refractivity contribution in [2.24, 2.45) is 5.14 Å². The lowest BCUT2D eigenvalue weighted by Crippen LogP contribution is -2.51. The minimum atomic E-state index is -4.17. The normalized spacial score (nSPS) is 19.5. The number of nitrogens with two attached hydrogens (primary N) is 1. The van der Waals surface area contributed by atoms with Crippen LogP contribution in [0.1, 0.15) is 0 Å². The molecular formula is C10H12BrClN4O5S2. The number of benzene rings is 1. The summed E-state index contributed by atoms with van der Waals surface area (Å²) in [6, 6.07) is 2.05. The topological polar surface area (TPSA) is 147 Å². The number of sulfonamides is 2. The Morgan fingerprint density at radius 1 is 1.43 bits per heavy atom. The van der Waals surface area contributed by atoms with Crippen LogP contribution in [0.3, 0.4) is 0 Å². The number of amides is 1. The van der Waals surface area contributed by atoms with E-state index in [0.29, 0.717) is 0 Å². The molecule has 1 aromatic carbocycles. The van der Waals surface area contributed by atoms with Gasteiger partial charge in [-0.25, -0.2) is 22.0 Å². The fourth-order valence-corrected chi connectivity index (χ4v) is 4.61. The van der Waals surface area contributed by atoms with Gasteiger partial charge in [-0.1, -0.05) is 27.5 Å². The molecule has 1 atom stereocenters. The van der Waals surface area contributed by atoms with Gasteiger partial charge in [0.25, 0.3) is 0 Å². The summed E-state index contributed by atoms with van der Waals surface area (Å²) in [5.41, 5.74) is 0.110. The summed E-state index contributed by atoms with van der Waals surface area (Å²) >= 11 is 8.81. The van der Waals surface area contributed by atoms with Crippen molar-refractivity contribution >= 4 is 59.2 Å². The maximum absolute atomic E-state index is 12.2. The average molecular weight is 448 g/mol. The Bertz CT molecular complexity index is 858. The van der Waals surface area contributed by atoms with Crippen molar-refractivity contribution < 1.29 is 21.6 Å². The van der Waals surface area contributed by atoms with E-state index in [4.69, 9.17) is 16.7 Å². The van der Waals surface area contributed by atoms with Crippen molar-refractivity contribution in [1.82, 2.24) is 10.0 Å². The van der Waals surface area contributed by atoms with Gasteiger partial charge >= 0.3 is 0 Å². The Morgan fingerprint density at radius 3 is 2.65 bits per heavy atom. The number of hydrogen-bond acceptors (Lipinski definition) is 6. The third-order valence-corrected chi connectivity index (χ3v) is 6.28. The number of rotatable bonds is 4. The molecule has 0 aliphatic carbocycles. The highest BCUT2D eigenvalue weighted by Crippen LogP contribution is 2.33. The van der Waals surface area contributed by atoms with Crippen LogP contribution in [-0.2, 0) is 24.8 Å². The Morgan fingerprint density at radius 2 is 2.09 bits per heavy atom. The molecule has 0 bridgehead atoms. The second-order valence-electron chi connectivity index (χ2n) is 4.58. The van der Waals surface area contributed by atoms with Gasteiger partial charge in [0, 0.05) is 0 Å². The first-order valence-corrected chi connectivity index (χ1v) is 10.6. The Hall–Kier alpha value is -0.920. The number of carbonyl (C=O) groups is 1. The van der Waals surface area contributed by atoms with Gasteiger partial charge in [0.15, 0.2) is 0 Å². The lowest BCUT2D eigenvalue weighted by molar-refractivity contribution is -0.118. The minimum absolute atomic E-state index is 0.0162. The number of fused-ring (bicyclic) bond motifs is 1. The first kappa shape index (κ1) is 18.4. The number of hydrogen-bond donors (Lipinski definition) is 4. The molecule has 1 aliphatic rings. The van der Waals surface area contributed by atoms with E-state index in [1.807, 2.05) is 0 Å². The first-order valence-electron chi connectivity index (χ1n) is 6.02. The van der Waals surface area contributed by atoms with E-state index in [1.54, 1.807) is 0 Å². The zero-order chi connectivity index (χ0) is 17.4. The SMILES string of the molecule is NS(=O)(=O)c1cc2c(cc1Cl)NC(CNC(=O)CBr)NS2(=O)=O. The lowest BCUT2D eigenvalue weighted by atomic mass is 10.3. The highest BCUT2D eigenvalue weighted by Gasteiger charge is 2.31. The maximum atomic E-state index is 12.2. The molecule has 0 spiro atoms. The molecule has 1 unspecified atom stereocenters. The summed E-state index contributed by atoms with van der Waals surface area (Å²) in [4.78, 5) is 10.4. The zero-order valence-corrected chi connectivity index (χ0v) is 15.3. The van der Waals surface area contributed by atoms with Crippen LogP contribution in [0.15, 0.2) is 21.9 Å². The van der Waals surface area contributed by atoms with Crippen LogP contribution in [0.4, 0.5) is 5.69 Å². The van der Waals surface area contributed by atoms with Crippen molar-refractivity contribution in [3.8, 4) is 0 Å². The third kappa shape index (κ3) is 4.14. The molecule has 1 heterocycles. The number of nitrogens with one attached hydrogen (secondary N) is 3. The predicted octanol–water partition coefficient (Wildman–Crippen LogP) is -0.472. The first-order chi connectivity index (χ1) is 10.5. The van der Waals surface area contributed by atoms with Crippen LogP contribution < -0.4 is 20.5 Å². The number of halogens is 2. The molecule has 0 radical (unpaired) electrons. The molecule has 23 heavy (non-hydrogen) atoms. The van der Waals surface area contributed by atoms with Crippen LogP contribution in [0.2, 0.25) is 5.02 Å². The van der Waals surface area contributed by atoms with E-state index in [0.717, 1.165) is 12.1 Å². The fraction of sp³-hybridized carbons (Fsp3) is 0.300. The second kappa shape index (κ2) is 6.53. The number of alkyl halides is 1. The number of anilines is 1. The van der Waals surface area contributed by atoms with Gasteiger partial charge in [-0.05, 0) is 12.1 Å². The van der Waals surface area contributed by atoms with Crippen LogP contribution in [0.25, 0.3) is 0 Å². The highest BCUT2D eigenvalue weighted by atomic mass is 79.9. The fourth-order valence-electron chi connectivity index (χ4n) is 1.91. The van der Waals surface area contributed by atoms with Gasteiger partial charge in [0.2, 0.25) is 26.0 Å². The van der Waals surface area contributed by atoms with E-state index >= 15 is 0 Å². The molecule has 1 aromatic rings. The highest BCUT2D eigenvalue weighted by molar-refractivity contribution is 9.09. The summed E-state index contributed by atoms with van der Waals surface area (Å²) in [6.45, 7) is -0.0162. The standard InChI is InChI=1S/C10H12BrClN4O5S2/c11-3-10(17)14-4-9-15-6-1-5(12)7(22(13,18)19)2-8(6)23(20,21)16-9/h1-2,9,15-16H,3-4H2,(H,14,17)(H2,13,18,19). The molecular weight excluding hydrogens is 436 g/mol. The summed E-state index contributed by atoms with van der Waals surface area (Å²) in [5, 5.41) is 10.2. The molecule has 0 aromatic heterocycles. The van der Waals surface area contributed by atoms with Crippen LogP contribution in [-0.4, -0.2) is 40.8 Å². The Labute approximate surface area is 146 Å². The van der Waals surface area contributed by atoms with Gasteiger partial charge in [-0.15, -0.1) is 0 Å². The molecule has 0 saturated carbocycles.